The Hall–Kier alpha value is -0.120. The Kier molecular flexibility index (Phi) is 3.13. The van der Waals surface area contributed by atoms with E-state index in [-0.39, 0.29) is 5.54 Å². The third-order valence-corrected chi connectivity index (χ3v) is 5.62. The second kappa shape index (κ2) is 4.71. The highest BCUT2D eigenvalue weighted by molar-refractivity contribution is 5.05. The predicted octanol–water partition coefficient (Wildman–Crippen LogP) is 1.90. The van der Waals surface area contributed by atoms with E-state index in [1.54, 1.807) is 0 Å². The largest absolute Gasteiger partial charge is 0.394 e. The molecular weight excluding hydrogens is 236 g/mol. The Morgan fingerprint density at radius 2 is 1.79 bits per heavy atom. The Bertz CT molecular complexity index is 336. The molecule has 0 amide bonds. The minimum absolute atomic E-state index is 0.0581. The molecule has 108 valence electrons. The van der Waals surface area contributed by atoms with E-state index in [2.05, 4.69) is 10.2 Å². The van der Waals surface area contributed by atoms with Crippen LogP contribution in [0.4, 0.5) is 0 Å². The number of nitrogens with zero attached hydrogens (tertiary/aromatic N) is 1. The summed E-state index contributed by atoms with van der Waals surface area (Å²) < 4.78 is 0. The molecule has 0 heterocycles. The molecule has 4 aliphatic carbocycles. The molecule has 0 aromatic rings. The van der Waals surface area contributed by atoms with Crippen LogP contribution in [0.15, 0.2) is 0 Å². The fourth-order valence-corrected chi connectivity index (χ4v) is 3.96. The van der Waals surface area contributed by atoms with Crippen molar-refractivity contribution in [2.75, 3.05) is 13.2 Å². The van der Waals surface area contributed by atoms with E-state index in [4.69, 9.17) is 0 Å². The van der Waals surface area contributed by atoms with Gasteiger partial charge in [-0.05, 0) is 63.7 Å². The van der Waals surface area contributed by atoms with Gasteiger partial charge in [-0.3, -0.25) is 4.90 Å². The van der Waals surface area contributed by atoms with Gasteiger partial charge in [0, 0.05) is 30.2 Å². The number of rotatable bonds is 7. The molecule has 2 unspecified atom stereocenters. The van der Waals surface area contributed by atoms with Gasteiger partial charge in [-0.25, -0.2) is 0 Å². The molecule has 4 rings (SSSR count). The van der Waals surface area contributed by atoms with E-state index in [0.717, 1.165) is 18.0 Å². The second-order valence-corrected chi connectivity index (χ2v) is 7.63. The molecule has 0 saturated heterocycles. The van der Waals surface area contributed by atoms with Gasteiger partial charge in [-0.1, -0.05) is 0 Å². The first-order valence-electron chi connectivity index (χ1n) is 8.42. The van der Waals surface area contributed by atoms with Gasteiger partial charge in [-0.15, -0.1) is 0 Å². The molecule has 0 bridgehead atoms. The Labute approximate surface area is 116 Å². The number of hydrogen-bond acceptors (Lipinski definition) is 3. The topological polar surface area (TPSA) is 35.5 Å². The number of nitrogens with one attached hydrogen (secondary N) is 1. The van der Waals surface area contributed by atoms with Crippen molar-refractivity contribution in [1.82, 2.24) is 10.2 Å². The van der Waals surface area contributed by atoms with E-state index in [9.17, 15) is 5.11 Å². The third-order valence-electron chi connectivity index (χ3n) is 5.62. The zero-order chi connectivity index (χ0) is 12.9. The molecular formula is C16H28N2O. The maximum absolute atomic E-state index is 9.86. The van der Waals surface area contributed by atoms with Crippen molar-refractivity contribution in [3.8, 4) is 0 Å². The number of aliphatic hydroxyl groups excluding tert-OH is 1. The summed E-state index contributed by atoms with van der Waals surface area (Å²) >= 11 is 0. The summed E-state index contributed by atoms with van der Waals surface area (Å²) in [6, 6.07) is 2.34. The standard InChI is InChI=1S/C16H28N2O/c19-11-16(17-13-3-4-13)8-7-15(9-16)18(14-5-6-14)10-12-1-2-12/h12-15,17,19H,1-11H2. The smallest absolute Gasteiger partial charge is 0.0614 e. The average molecular weight is 264 g/mol. The molecule has 0 radical (unpaired) electrons. The van der Waals surface area contributed by atoms with Crippen molar-refractivity contribution in [3.63, 3.8) is 0 Å². The maximum Gasteiger partial charge on any atom is 0.0614 e. The number of hydrogen-bond donors (Lipinski definition) is 2. The highest BCUT2D eigenvalue weighted by atomic mass is 16.3. The van der Waals surface area contributed by atoms with Gasteiger partial charge in [0.25, 0.3) is 0 Å². The first-order valence-corrected chi connectivity index (χ1v) is 8.42. The van der Waals surface area contributed by atoms with Gasteiger partial charge in [0.15, 0.2) is 0 Å². The summed E-state index contributed by atoms with van der Waals surface area (Å²) in [6.45, 7) is 1.68. The zero-order valence-electron chi connectivity index (χ0n) is 12.0. The molecule has 4 saturated carbocycles. The molecule has 3 nitrogen and oxygen atoms in total. The second-order valence-electron chi connectivity index (χ2n) is 7.63. The SMILES string of the molecule is OCC1(NC2CC2)CCC(N(CC2CC2)C2CC2)C1. The molecule has 0 aliphatic heterocycles. The van der Waals surface area contributed by atoms with E-state index in [1.807, 2.05) is 0 Å². The summed E-state index contributed by atoms with van der Waals surface area (Å²) in [6.07, 6.45) is 12.1. The Morgan fingerprint density at radius 1 is 1.00 bits per heavy atom. The molecule has 2 atom stereocenters. The van der Waals surface area contributed by atoms with Gasteiger partial charge < -0.3 is 10.4 Å². The van der Waals surface area contributed by atoms with Crippen LogP contribution in [0, 0.1) is 5.92 Å². The summed E-state index contributed by atoms with van der Waals surface area (Å²) in [4.78, 5) is 2.82. The minimum Gasteiger partial charge on any atom is -0.394 e. The molecule has 0 aromatic heterocycles. The summed E-state index contributed by atoms with van der Waals surface area (Å²) in [5.41, 5.74) is 0.0581. The zero-order valence-corrected chi connectivity index (χ0v) is 12.0. The van der Waals surface area contributed by atoms with Crippen molar-refractivity contribution in [1.29, 1.82) is 0 Å². The van der Waals surface area contributed by atoms with Gasteiger partial charge >= 0.3 is 0 Å². The van der Waals surface area contributed by atoms with Crippen molar-refractivity contribution >= 4 is 0 Å². The van der Waals surface area contributed by atoms with Crippen molar-refractivity contribution in [2.24, 2.45) is 5.92 Å². The molecule has 0 aromatic carbocycles. The lowest BCUT2D eigenvalue weighted by Gasteiger charge is -2.33. The van der Waals surface area contributed by atoms with Crippen LogP contribution in [-0.4, -0.2) is 46.8 Å². The van der Waals surface area contributed by atoms with Crippen LogP contribution >= 0.6 is 0 Å². The van der Waals surface area contributed by atoms with Crippen LogP contribution < -0.4 is 5.32 Å². The summed E-state index contributed by atoms with van der Waals surface area (Å²) in [7, 11) is 0. The quantitative estimate of drug-likeness (QED) is 0.737. The van der Waals surface area contributed by atoms with Gasteiger partial charge in [0.1, 0.15) is 0 Å². The van der Waals surface area contributed by atoms with Crippen LogP contribution in [0.25, 0.3) is 0 Å². The third kappa shape index (κ3) is 2.84. The normalized spacial score (nSPS) is 39.2. The fourth-order valence-electron chi connectivity index (χ4n) is 3.96. The molecule has 4 fully saturated rings. The first-order chi connectivity index (χ1) is 9.28. The van der Waals surface area contributed by atoms with Gasteiger partial charge in [-0.2, -0.15) is 0 Å². The van der Waals surface area contributed by atoms with Crippen LogP contribution in [0.3, 0.4) is 0 Å². The fraction of sp³-hybridized carbons (Fsp3) is 1.00. The Balaban J connectivity index is 1.40. The predicted molar refractivity (Wildman–Crippen MR) is 76.1 cm³/mol. The van der Waals surface area contributed by atoms with E-state index in [1.165, 1.54) is 64.3 Å². The van der Waals surface area contributed by atoms with Gasteiger partial charge in [0.2, 0.25) is 0 Å². The summed E-state index contributed by atoms with van der Waals surface area (Å²) in [5, 5.41) is 13.6. The van der Waals surface area contributed by atoms with Crippen molar-refractivity contribution < 1.29 is 5.11 Å². The molecule has 3 heteroatoms. The van der Waals surface area contributed by atoms with Crippen LogP contribution in [0.5, 0.6) is 0 Å². The Morgan fingerprint density at radius 3 is 2.37 bits per heavy atom. The highest BCUT2D eigenvalue weighted by Gasteiger charge is 2.46. The molecule has 4 aliphatic rings. The highest BCUT2D eigenvalue weighted by Crippen LogP contribution is 2.42. The van der Waals surface area contributed by atoms with E-state index < -0.39 is 0 Å². The number of aliphatic hydroxyl groups is 1. The monoisotopic (exact) mass is 264 g/mol. The first kappa shape index (κ1) is 12.6. The molecule has 19 heavy (non-hydrogen) atoms. The van der Waals surface area contributed by atoms with Crippen molar-refractivity contribution in [2.45, 2.75) is 81.5 Å². The lowest BCUT2D eigenvalue weighted by molar-refractivity contribution is 0.134. The van der Waals surface area contributed by atoms with Gasteiger partial charge in [0.05, 0.1) is 6.61 Å². The maximum atomic E-state index is 9.86. The van der Waals surface area contributed by atoms with Crippen molar-refractivity contribution in [3.05, 3.63) is 0 Å². The van der Waals surface area contributed by atoms with Crippen LogP contribution in [-0.2, 0) is 0 Å². The van der Waals surface area contributed by atoms with E-state index >= 15 is 0 Å². The molecule has 2 N–H and O–H groups in total. The van der Waals surface area contributed by atoms with Crippen LogP contribution in [0.1, 0.15) is 57.8 Å². The lowest BCUT2D eigenvalue weighted by atomic mass is 9.98. The molecule has 0 spiro atoms. The lowest BCUT2D eigenvalue weighted by Crippen LogP contribution is -2.49. The van der Waals surface area contributed by atoms with Crippen LogP contribution in [0.2, 0.25) is 0 Å². The van der Waals surface area contributed by atoms with E-state index in [0.29, 0.717) is 12.6 Å². The summed E-state index contributed by atoms with van der Waals surface area (Å²) in [5.74, 6) is 1.00. The minimum atomic E-state index is 0.0581. The average Bonchev–Trinajstić information content (AvgIpc) is 3.22.